The van der Waals surface area contributed by atoms with Crippen molar-refractivity contribution in [1.29, 1.82) is 0 Å². The van der Waals surface area contributed by atoms with E-state index >= 15 is 0 Å². The predicted molar refractivity (Wildman–Crippen MR) is 74.0 cm³/mol. The van der Waals surface area contributed by atoms with Crippen LogP contribution in [0, 0.1) is 10.1 Å². The quantitative estimate of drug-likeness (QED) is 0.603. The Kier molecular flexibility index (Phi) is 3.93. The molecule has 0 aromatic heterocycles. The lowest BCUT2D eigenvalue weighted by molar-refractivity contribution is -0.385. The zero-order valence-electron chi connectivity index (χ0n) is 10.3. The maximum absolute atomic E-state index is 10.8. The molecule has 0 heterocycles. The van der Waals surface area contributed by atoms with Crippen LogP contribution < -0.4 is 4.74 Å². The molecule has 0 saturated heterocycles. The van der Waals surface area contributed by atoms with Crippen LogP contribution in [0.2, 0.25) is 0 Å². The van der Waals surface area contributed by atoms with Gasteiger partial charge in [0.15, 0.2) is 0 Å². The number of nitrogens with zero attached hydrogens (tertiary/aromatic N) is 1. The highest BCUT2D eigenvalue weighted by Crippen LogP contribution is 2.25. The summed E-state index contributed by atoms with van der Waals surface area (Å²) in [5.74, 6) is 0.587. The standard InChI is InChI=1S/C15H13NO3/c1-2-13-10-14(8-9-15(13)16(17)18)19-11-12-6-4-3-5-7-12/h2-10H,1,11H2. The van der Waals surface area contributed by atoms with Crippen LogP contribution >= 0.6 is 0 Å². The fourth-order valence-electron chi connectivity index (χ4n) is 1.69. The number of rotatable bonds is 5. The maximum atomic E-state index is 10.8. The maximum Gasteiger partial charge on any atom is 0.276 e. The summed E-state index contributed by atoms with van der Waals surface area (Å²) in [5, 5.41) is 10.8. The first-order valence-corrected chi connectivity index (χ1v) is 5.78. The predicted octanol–water partition coefficient (Wildman–Crippen LogP) is 3.82. The van der Waals surface area contributed by atoms with E-state index in [-0.39, 0.29) is 5.69 Å². The Morgan fingerprint density at radius 1 is 1.21 bits per heavy atom. The Hall–Kier alpha value is -2.62. The molecule has 4 heteroatoms. The van der Waals surface area contributed by atoms with Gasteiger partial charge in [-0.2, -0.15) is 0 Å². The van der Waals surface area contributed by atoms with Crippen molar-refractivity contribution in [2.45, 2.75) is 6.61 Å². The topological polar surface area (TPSA) is 52.4 Å². The fraction of sp³-hybridized carbons (Fsp3) is 0.0667. The lowest BCUT2D eigenvalue weighted by Gasteiger charge is -2.07. The third-order valence-electron chi connectivity index (χ3n) is 2.66. The molecule has 0 aliphatic rings. The van der Waals surface area contributed by atoms with Crippen LogP contribution in [-0.2, 0) is 6.61 Å². The molecule has 19 heavy (non-hydrogen) atoms. The van der Waals surface area contributed by atoms with E-state index in [0.29, 0.717) is 17.9 Å². The van der Waals surface area contributed by atoms with Crippen molar-refractivity contribution in [3.05, 3.63) is 76.4 Å². The molecular formula is C15H13NO3. The van der Waals surface area contributed by atoms with Crippen LogP contribution in [-0.4, -0.2) is 4.92 Å². The molecular weight excluding hydrogens is 242 g/mol. The minimum Gasteiger partial charge on any atom is -0.489 e. The molecule has 0 spiro atoms. The van der Waals surface area contributed by atoms with Crippen LogP contribution in [0.3, 0.4) is 0 Å². The van der Waals surface area contributed by atoms with E-state index in [9.17, 15) is 10.1 Å². The van der Waals surface area contributed by atoms with Crippen molar-refractivity contribution in [1.82, 2.24) is 0 Å². The molecule has 0 N–H and O–H groups in total. The molecule has 0 fully saturated rings. The first kappa shape index (κ1) is 12.8. The molecule has 2 aromatic rings. The van der Waals surface area contributed by atoms with E-state index in [1.165, 1.54) is 12.1 Å². The Balaban J connectivity index is 2.13. The molecule has 96 valence electrons. The SMILES string of the molecule is C=Cc1cc(OCc2ccccc2)ccc1[N+](=O)[O-]. The summed E-state index contributed by atoms with van der Waals surface area (Å²) < 4.78 is 5.60. The van der Waals surface area contributed by atoms with Gasteiger partial charge in [-0.25, -0.2) is 0 Å². The molecule has 0 unspecified atom stereocenters. The minimum absolute atomic E-state index is 0.0297. The minimum atomic E-state index is -0.433. The Labute approximate surface area is 111 Å². The second kappa shape index (κ2) is 5.82. The molecule has 0 aliphatic carbocycles. The van der Waals surface area contributed by atoms with Gasteiger partial charge in [0.05, 0.1) is 10.5 Å². The van der Waals surface area contributed by atoms with Gasteiger partial charge in [0.2, 0.25) is 0 Å². The van der Waals surface area contributed by atoms with Crippen molar-refractivity contribution in [2.75, 3.05) is 0 Å². The third kappa shape index (κ3) is 3.19. The average molecular weight is 255 g/mol. The van der Waals surface area contributed by atoms with Gasteiger partial charge in [0.1, 0.15) is 12.4 Å². The first-order valence-electron chi connectivity index (χ1n) is 5.78. The van der Waals surface area contributed by atoms with Crippen LogP contribution in [0.4, 0.5) is 5.69 Å². The molecule has 0 atom stereocenters. The van der Waals surface area contributed by atoms with Gasteiger partial charge in [0, 0.05) is 6.07 Å². The van der Waals surface area contributed by atoms with Gasteiger partial charge in [-0.05, 0) is 17.7 Å². The van der Waals surface area contributed by atoms with E-state index in [4.69, 9.17) is 4.74 Å². The van der Waals surface area contributed by atoms with Gasteiger partial charge < -0.3 is 4.74 Å². The summed E-state index contributed by atoms with van der Waals surface area (Å²) in [7, 11) is 0. The Morgan fingerprint density at radius 3 is 2.58 bits per heavy atom. The fourth-order valence-corrected chi connectivity index (χ4v) is 1.69. The van der Waals surface area contributed by atoms with Crippen LogP contribution in [0.25, 0.3) is 6.08 Å². The Morgan fingerprint density at radius 2 is 1.95 bits per heavy atom. The largest absolute Gasteiger partial charge is 0.489 e. The van der Waals surface area contributed by atoms with E-state index in [1.807, 2.05) is 30.3 Å². The molecule has 0 amide bonds. The smallest absolute Gasteiger partial charge is 0.276 e. The highest BCUT2D eigenvalue weighted by molar-refractivity contribution is 5.61. The van der Waals surface area contributed by atoms with Crippen molar-refractivity contribution in [3.63, 3.8) is 0 Å². The van der Waals surface area contributed by atoms with Gasteiger partial charge >= 0.3 is 0 Å². The number of ether oxygens (including phenoxy) is 1. The lowest BCUT2D eigenvalue weighted by Crippen LogP contribution is -1.97. The Bertz CT molecular complexity index is 594. The molecule has 4 nitrogen and oxygen atoms in total. The highest BCUT2D eigenvalue weighted by atomic mass is 16.6. The molecule has 2 rings (SSSR count). The molecule has 0 bridgehead atoms. The summed E-state index contributed by atoms with van der Waals surface area (Å²) in [5.41, 5.74) is 1.53. The van der Waals surface area contributed by atoms with Crippen molar-refractivity contribution in [3.8, 4) is 5.75 Å². The van der Waals surface area contributed by atoms with E-state index in [0.717, 1.165) is 5.56 Å². The van der Waals surface area contributed by atoms with Crippen molar-refractivity contribution >= 4 is 11.8 Å². The number of benzene rings is 2. The summed E-state index contributed by atoms with van der Waals surface area (Å²) >= 11 is 0. The average Bonchev–Trinajstić information content (AvgIpc) is 2.45. The van der Waals surface area contributed by atoms with Crippen LogP contribution in [0.5, 0.6) is 5.75 Å². The van der Waals surface area contributed by atoms with Crippen LogP contribution in [0.15, 0.2) is 55.1 Å². The normalized spacial score (nSPS) is 9.89. The summed E-state index contributed by atoms with van der Waals surface area (Å²) in [6, 6.07) is 14.4. The highest BCUT2D eigenvalue weighted by Gasteiger charge is 2.11. The molecule has 0 aliphatic heterocycles. The lowest BCUT2D eigenvalue weighted by atomic mass is 10.1. The van der Waals surface area contributed by atoms with E-state index < -0.39 is 4.92 Å². The number of hydrogen-bond acceptors (Lipinski definition) is 3. The van der Waals surface area contributed by atoms with Crippen LogP contribution in [0.1, 0.15) is 11.1 Å². The zero-order chi connectivity index (χ0) is 13.7. The van der Waals surface area contributed by atoms with Gasteiger partial charge in [0.25, 0.3) is 5.69 Å². The van der Waals surface area contributed by atoms with E-state index in [1.54, 1.807) is 12.1 Å². The summed E-state index contributed by atoms with van der Waals surface area (Å²) in [6.45, 7) is 4.00. The molecule has 0 radical (unpaired) electrons. The van der Waals surface area contributed by atoms with Crippen molar-refractivity contribution in [2.24, 2.45) is 0 Å². The number of hydrogen-bond donors (Lipinski definition) is 0. The monoisotopic (exact) mass is 255 g/mol. The van der Waals surface area contributed by atoms with Gasteiger partial charge in [-0.3, -0.25) is 10.1 Å². The first-order chi connectivity index (χ1) is 9.20. The second-order valence-corrected chi connectivity index (χ2v) is 3.96. The van der Waals surface area contributed by atoms with E-state index in [2.05, 4.69) is 6.58 Å². The molecule has 2 aromatic carbocycles. The summed E-state index contributed by atoms with van der Waals surface area (Å²) in [4.78, 5) is 10.4. The third-order valence-corrected chi connectivity index (χ3v) is 2.66. The second-order valence-electron chi connectivity index (χ2n) is 3.96. The number of nitro benzene ring substituents is 1. The van der Waals surface area contributed by atoms with Gasteiger partial charge in [-0.15, -0.1) is 0 Å². The number of nitro groups is 1. The van der Waals surface area contributed by atoms with Crippen molar-refractivity contribution < 1.29 is 9.66 Å². The van der Waals surface area contributed by atoms with Gasteiger partial charge in [-0.1, -0.05) is 43.0 Å². The summed E-state index contributed by atoms with van der Waals surface area (Å²) in [6.07, 6.45) is 1.45. The molecule has 0 saturated carbocycles. The zero-order valence-corrected chi connectivity index (χ0v) is 10.3.